The third kappa shape index (κ3) is 11.3. The highest BCUT2D eigenvalue weighted by Crippen LogP contribution is 2.16. The average Bonchev–Trinajstić information content (AvgIpc) is 2.45. The summed E-state index contributed by atoms with van der Waals surface area (Å²) in [5.74, 6) is 0.751. The SMILES string of the molecule is CC(C)CCCC(C)(C)NC[C@@H](O)[C@@H](N)Cc1ccccc1.Cl.Cl. The molecule has 0 heterocycles. The second-order valence-corrected chi connectivity index (χ2v) is 7.47. The van der Waals surface area contributed by atoms with Crippen molar-refractivity contribution in [1.82, 2.24) is 5.32 Å². The zero-order valence-electron chi connectivity index (χ0n) is 15.5. The molecule has 4 N–H and O–H groups in total. The number of benzene rings is 1. The maximum atomic E-state index is 10.3. The summed E-state index contributed by atoms with van der Waals surface area (Å²) in [7, 11) is 0. The van der Waals surface area contributed by atoms with Gasteiger partial charge in [0.05, 0.1) is 6.10 Å². The fourth-order valence-electron chi connectivity index (χ4n) is 2.60. The molecule has 0 spiro atoms. The number of nitrogens with two attached hydrogens (primary N) is 1. The predicted molar refractivity (Wildman–Crippen MR) is 109 cm³/mol. The highest BCUT2D eigenvalue weighted by molar-refractivity contribution is 5.85. The average molecular weight is 379 g/mol. The van der Waals surface area contributed by atoms with E-state index in [2.05, 4.69) is 45.1 Å². The van der Waals surface area contributed by atoms with Gasteiger partial charge in [-0.15, -0.1) is 24.8 Å². The number of hydrogen-bond acceptors (Lipinski definition) is 3. The van der Waals surface area contributed by atoms with E-state index in [1.165, 1.54) is 18.4 Å². The number of aliphatic hydroxyl groups excluding tert-OH is 1. The quantitative estimate of drug-likeness (QED) is 0.577. The lowest BCUT2D eigenvalue weighted by atomic mass is 9.94. The molecule has 0 saturated carbocycles. The van der Waals surface area contributed by atoms with Crippen LogP contribution in [-0.4, -0.2) is 29.3 Å². The molecule has 0 fully saturated rings. The standard InChI is InChI=1S/C19H34N2O.2ClH/c1-15(2)9-8-12-19(3,4)21-14-18(22)17(20)13-16-10-6-5-7-11-16;;/h5-7,10-11,15,17-18,21-22H,8-9,12-14,20H2,1-4H3;2*1H/t17-,18+;;/m0../s1. The molecule has 1 aromatic rings. The first-order valence-electron chi connectivity index (χ1n) is 8.53. The van der Waals surface area contributed by atoms with Gasteiger partial charge in [-0.2, -0.15) is 0 Å². The van der Waals surface area contributed by atoms with Crippen LogP contribution in [0, 0.1) is 5.92 Å². The van der Waals surface area contributed by atoms with Gasteiger partial charge in [-0.1, -0.05) is 57.0 Å². The maximum absolute atomic E-state index is 10.3. The first kappa shape index (κ1) is 25.9. The molecule has 2 atom stereocenters. The Kier molecular flexibility index (Phi) is 14.0. The summed E-state index contributed by atoms with van der Waals surface area (Å²) in [6.45, 7) is 9.45. The molecule has 1 rings (SSSR count). The Labute approximate surface area is 160 Å². The molecule has 3 nitrogen and oxygen atoms in total. The molecule has 0 radical (unpaired) electrons. The van der Waals surface area contributed by atoms with E-state index in [4.69, 9.17) is 5.73 Å². The smallest absolute Gasteiger partial charge is 0.0818 e. The van der Waals surface area contributed by atoms with Crippen molar-refractivity contribution in [1.29, 1.82) is 0 Å². The Morgan fingerprint density at radius 1 is 1.12 bits per heavy atom. The highest BCUT2D eigenvalue weighted by atomic mass is 35.5. The number of halogens is 2. The van der Waals surface area contributed by atoms with E-state index in [1.807, 2.05) is 18.2 Å². The zero-order chi connectivity index (χ0) is 16.6. The fraction of sp³-hybridized carbons (Fsp3) is 0.684. The van der Waals surface area contributed by atoms with Crippen LogP contribution in [0.1, 0.15) is 52.5 Å². The number of rotatable bonds is 10. The van der Waals surface area contributed by atoms with Crippen LogP contribution in [0.15, 0.2) is 30.3 Å². The van der Waals surface area contributed by atoms with Crippen molar-refractivity contribution in [2.45, 2.75) is 71.1 Å². The summed E-state index contributed by atoms with van der Waals surface area (Å²) in [5.41, 5.74) is 7.34. The van der Waals surface area contributed by atoms with Crippen molar-refractivity contribution in [3.63, 3.8) is 0 Å². The summed E-state index contributed by atoms with van der Waals surface area (Å²) in [5, 5.41) is 13.7. The summed E-state index contributed by atoms with van der Waals surface area (Å²) >= 11 is 0. The van der Waals surface area contributed by atoms with Gasteiger partial charge in [0.2, 0.25) is 0 Å². The first-order chi connectivity index (χ1) is 10.3. The highest BCUT2D eigenvalue weighted by Gasteiger charge is 2.21. The Balaban J connectivity index is 0. The zero-order valence-corrected chi connectivity index (χ0v) is 17.1. The molecule has 0 aliphatic carbocycles. The van der Waals surface area contributed by atoms with Crippen molar-refractivity contribution < 1.29 is 5.11 Å². The monoisotopic (exact) mass is 378 g/mol. The van der Waals surface area contributed by atoms with E-state index in [0.717, 1.165) is 12.3 Å². The van der Waals surface area contributed by atoms with Gasteiger partial charge >= 0.3 is 0 Å². The third-order valence-corrected chi connectivity index (χ3v) is 4.18. The first-order valence-corrected chi connectivity index (χ1v) is 8.53. The van der Waals surface area contributed by atoms with Crippen LogP contribution in [-0.2, 0) is 6.42 Å². The number of β-amino-alcohol motifs (C(OH)–C–C–N with tert-alkyl or cyclic N) is 1. The predicted octanol–water partition coefficient (Wildman–Crippen LogP) is 3.96. The van der Waals surface area contributed by atoms with Crippen molar-refractivity contribution in [3.05, 3.63) is 35.9 Å². The topological polar surface area (TPSA) is 58.3 Å². The second kappa shape index (κ2) is 13.0. The third-order valence-electron chi connectivity index (χ3n) is 4.18. The van der Waals surface area contributed by atoms with E-state index in [9.17, 15) is 5.11 Å². The van der Waals surface area contributed by atoms with Gasteiger partial charge in [0, 0.05) is 18.1 Å². The molecule has 1 aromatic carbocycles. The molecular weight excluding hydrogens is 343 g/mol. The Hall–Kier alpha value is -0.320. The maximum Gasteiger partial charge on any atom is 0.0818 e. The van der Waals surface area contributed by atoms with E-state index >= 15 is 0 Å². The van der Waals surface area contributed by atoms with E-state index < -0.39 is 6.10 Å². The van der Waals surface area contributed by atoms with Crippen molar-refractivity contribution in [2.24, 2.45) is 11.7 Å². The lowest BCUT2D eigenvalue weighted by Gasteiger charge is -2.29. The van der Waals surface area contributed by atoms with Crippen LogP contribution in [0.4, 0.5) is 0 Å². The van der Waals surface area contributed by atoms with Crippen LogP contribution >= 0.6 is 24.8 Å². The minimum Gasteiger partial charge on any atom is -0.390 e. The molecule has 0 aliphatic heterocycles. The Bertz CT molecular complexity index is 413. The van der Waals surface area contributed by atoms with E-state index in [0.29, 0.717) is 13.0 Å². The molecular formula is C19H36Cl2N2O. The summed E-state index contributed by atoms with van der Waals surface area (Å²) in [6.07, 6.45) is 3.76. The Morgan fingerprint density at radius 3 is 2.25 bits per heavy atom. The molecule has 0 aromatic heterocycles. The fourth-order valence-corrected chi connectivity index (χ4v) is 2.60. The van der Waals surface area contributed by atoms with Crippen LogP contribution in [0.2, 0.25) is 0 Å². The number of aliphatic hydroxyl groups is 1. The largest absolute Gasteiger partial charge is 0.390 e. The normalized spacial score (nSPS) is 13.8. The van der Waals surface area contributed by atoms with Gasteiger partial charge in [0.1, 0.15) is 0 Å². The van der Waals surface area contributed by atoms with Crippen LogP contribution in [0.3, 0.4) is 0 Å². The van der Waals surface area contributed by atoms with Gasteiger partial charge < -0.3 is 16.2 Å². The van der Waals surface area contributed by atoms with Crippen LogP contribution in [0.25, 0.3) is 0 Å². The van der Waals surface area contributed by atoms with Crippen molar-refractivity contribution in [2.75, 3.05) is 6.54 Å². The molecule has 24 heavy (non-hydrogen) atoms. The van der Waals surface area contributed by atoms with Crippen LogP contribution in [0.5, 0.6) is 0 Å². The van der Waals surface area contributed by atoms with Crippen LogP contribution < -0.4 is 11.1 Å². The number of hydrogen-bond donors (Lipinski definition) is 3. The lowest BCUT2D eigenvalue weighted by Crippen LogP contribution is -2.49. The molecule has 0 unspecified atom stereocenters. The van der Waals surface area contributed by atoms with Gasteiger partial charge in [-0.05, 0) is 38.2 Å². The van der Waals surface area contributed by atoms with E-state index in [1.54, 1.807) is 0 Å². The summed E-state index contributed by atoms with van der Waals surface area (Å²) in [4.78, 5) is 0. The van der Waals surface area contributed by atoms with Crippen molar-refractivity contribution >= 4 is 24.8 Å². The molecule has 0 aliphatic rings. The summed E-state index contributed by atoms with van der Waals surface area (Å²) < 4.78 is 0. The second-order valence-electron chi connectivity index (χ2n) is 7.47. The molecule has 0 bridgehead atoms. The molecule has 0 amide bonds. The summed E-state index contributed by atoms with van der Waals surface area (Å²) in [6, 6.07) is 9.87. The van der Waals surface area contributed by atoms with Gasteiger partial charge in [-0.25, -0.2) is 0 Å². The molecule has 0 saturated heterocycles. The Morgan fingerprint density at radius 2 is 1.71 bits per heavy atom. The lowest BCUT2D eigenvalue weighted by molar-refractivity contribution is 0.129. The minimum absolute atomic E-state index is 0. The molecule has 142 valence electrons. The minimum atomic E-state index is -0.524. The van der Waals surface area contributed by atoms with Gasteiger partial charge in [-0.3, -0.25) is 0 Å². The molecule has 5 heteroatoms. The van der Waals surface area contributed by atoms with Gasteiger partial charge in [0.15, 0.2) is 0 Å². The van der Waals surface area contributed by atoms with Gasteiger partial charge in [0.25, 0.3) is 0 Å². The van der Waals surface area contributed by atoms with Crippen molar-refractivity contribution in [3.8, 4) is 0 Å². The number of nitrogens with one attached hydrogen (secondary N) is 1. The van der Waals surface area contributed by atoms with E-state index in [-0.39, 0.29) is 36.4 Å².